The summed E-state index contributed by atoms with van der Waals surface area (Å²) in [5.74, 6) is -4.30. The van der Waals surface area contributed by atoms with E-state index in [-0.39, 0.29) is 35.4 Å². The van der Waals surface area contributed by atoms with Gasteiger partial charge in [0.2, 0.25) is 0 Å². The Bertz CT molecular complexity index is 2630. The Kier molecular flexibility index (Phi) is 12.8. The highest BCUT2D eigenvalue weighted by Gasteiger charge is 2.38. The number of fused-ring (bicyclic) bond motifs is 2. The molecule has 0 saturated carbocycles. The topological polar surface area (TPSA) is 213 Å². The van der Waals surface area contributed by atoms with Crippen LogP contribution >= 0.6 is 0 Å². The number of rotatable bonds is 6. The normalized spacial score (nSPS) is 17.2. The highest BCUT2D eigenvalue weighted by atomic mass is 16.6. The molecule has 2 heterocycles. The predicted octanol–water partition coefficient (Wildman–Crippen LogP) is 9.89. The Morgan fingerprint density at radius 2 is 0.833 bits per heavy atom. The molecule has 344 valence electrons. The highest BCUT2D eigenvalue weighted by molar-refractivity contribution is 5.91. The smallest absolute Gasteiger partial charge is 0.338 e. The molecule has 0 saturated heterocycles. The van der Waals surface area contributed by atoms with Crippen LogP contribution in [-0.2, 0) is 22.3 Å². The third-order valence-electron chi connectivity index (χ3n) is 12.7. The summed E-state index contributed by atoms with van der Waals surface area (Å²) in [6.45, 7) is 18.4. The molecule has 8 rings (SSSR count). The van der Waals surface area contributed by atoms with Crippen molar-refractivity contribution in [2.75, 3.05) is 0 Å². The number of hydrogen-bond acceptors (Lipinski definition) is 13. The van der Waals surface area contributed by atoms with E-state index in [1.165, 1.54) is 45.5 Å². The van der Waals surface area contributed by atoms with E-state index in [0.717, 1.165) is 52.3 Å². The second-order valence-electron chi connectivity index (χ2n) is 17.5. The summed E-state index contributed by atoms with van der Waals surface area (Å²) in [6, 6.07) is 19.4. The minimum atomic E-state index is -1.07. The van der Waals surface area contributed by atoms with Crippen LogP contribution < -0.4 is 9.47 Å². The first kappa shape index (κ1) is 46.5. The van der Waals surface area contributed by atoms with Gasteiger partial charge in [0.25, 0.3) is 0 Å². The minimum Gasteiger partial charge on any atom is -0.508 e. The maximum Gasteiger partial charge on any atom is 0.338 e. The first-order valence-electron chi connectivity index (χ1n) is 21.4. The van der Waals surface area contributed by atoms with E-state index >= 15 is 0 Å². The molecular weight excluding hydrogens is 845 g/mol. The molecule has 7 N–H and O–H groups in total. The predicted molar refractivity (Wildman–Crippen MR) is 245 cm³/mol. The SMILES string of the molecule is Cc1cc(C)c2c(c1)O[C@H](c1cc(C)c(C)c(C)c1)[C@H](OC(=O)c1cc(C)c(C)c(C)c1)C2.Cc1cc(O)cc2c1C[C@@H](OC(=O)c1cc(O)c(O)c(O)c1)[C@@H](c1cc(O)c(O)c(O)c1)O2. The molecule has 0 bridgehead atoms. The average molecular weight is 899 g/mol. The second-order valence-corrected chi connectivity index (χ2v) is 17.5. The summed E-state index contributed by atoms with van der Waals surface area (Å²) in [7, 11) is 0. The zero-order valence-corrected chi connectivity index (χ0v) is 38.2. The van der Waals surface area contributed by atoms with Gasteiger partial charge in [0.15, 0.2) is 46.7 Å². The molecule has 13 heteroatoms. The van der Waals surface area contributed by atoms with Crippen LogP contribution in [0.1, 0.15) is 105 Å². The molecule has 6 aromatic rings. The van der Waals surface area contributed by atoms with Gasteiger partial charge in [-0.25, -0.2) is 9.59 Å². The lowest BCUT2D eigenvalue weighted by molar-refractivity contribution is -0.0189. The van der Waals surface area contributed by atoms with Crippen molar-refractivity contribution in [3.8, 4) is 51.7 Å². The summed E-state index contributed by atoms with van der Waals surface area (Å²) in [5.41, 5.74) is 13.4. The molecule has 66 heavy (non-hydrogen) atoms. The average Bonchev–Trinajstić information content (AvgIpc) is 3.25. The molecule has 2 aliphatic rings. The Balaban J connectivity index is 0.000000196. The highest BCUT2D eigenvalue weighted by Crippen LogP contribution is 2.45. The molecule has 0 spiro atoms. The number of aromatic hydroxyl groups is 7. The molecule has 0 aromatic heterocycles. The maximum absolute atomic E-state index is 13.3. The Morgan fingerprint density at radius 1 is 0.455 bits per heavy atom. The number of carbonyl (C=O) groups is 2. The molecule has 6 aromatic carbocycles. The first-order valence-corrected chi connectivity index (χ1v) is 21.4. The zero-order valence-electron chi connectivity index (χ0n) is 38.2. The van der Waals surface area contributed by atoms with Crippen molar-refractivity contribution in [2.45, 2.75) is 99.6 Å². The van der Waals surface area contributed by atoms with Crippen molar-refractivity contribution in [2.24, 2.45) is 0 Å². The number of phenols is 7. The van der Waals surface area contributed by atoms with Crippen LogP contribution in [0.4, 0.5) is 0 Å². The number of carbonyl (C=O) groups excluding carboxylic acids is 2. The van der Waals surface area contributed by atoms with E-state index in [1.54, 1.807) is 6.92 Å². The van der Waals surface area contributed by atoms with Crippen LogP contribution in [0.5, 0.6) is 51.7 Å². The van der Waals surface area contributed by atoms with E-state index in [1.807, 2.05) is 26.0 Å². The third kappa shape index (κ3) is 9.33. The van der Waals surface area contributed by atoms with Gasteiger partial charge in [-0.05, 0) is 166 Å². The fraction of sp³-hybridized carbons (Fsp3) is 0.283. The second kappa shape index (κ2) is 18.1. The summed E-state index contributed by atoms with van der Waals surface area (Å²) in [5, 5.41) is 68.4. The fourth-order valence-electron chi connectivity index (χ4n) is 8.58. The molecule has 0 radical (unpaired) electrons. The lowest BCUT2D eigenvalue weighted by atomic mass is 9.89. The van der Waals surface area contributed by atoms with Crippen molar-refractivity contribution in [1.29, 1.82) is 0 Å². The minimum absolute atomic E-state index is 0.0492. The van der Waals surface area contributed by atoms with Crippen molar-refractivity contribution >= 4 is 11.9 Å². The Labute approximate surface area is 382 Å². The van der Waals surface area contributed by atoms with E-state index in [9.17, 15) is 45.3 Å². The molecule has 0 unspecified atom stereocenters. The van der Waals surface area contributed by atoms with E-state index < -0.39 is 58.8 Å². The van der Waals surface area contributed by atoms with Gasteiger partial charge in [-0.2, -0.15) is 0 Å². The summed E-state index contributed by atoms with van der Waals surface area (Å²) in [4.78, 5) is 26.1. The van der Waals surface area contributed by atoms with Gasteiger partial charge in [-0.3, -0.25) is 0 Å². The van der Waals surface area contributed by atoms with Crippen molar-refractivity contribution < 1.29 is 64.3 Å². The van der Waals surface area contributed by atoms with Crippen LogP contribution in [0, 0.1) is 62.3 Å². The Morgan fingerprint density at radius 3 is 1.30 bits per heavy atom. The van der Waals surface area contributed by atoms with Gasteiger partial charge in [0.1, 0.15) is 29.5 Å². The van der Waals surface area contributed by atoms with Crippen LogP contribution in [0.15, 0.2) is 72.8 Å². The van der Waals surface area contributed by atoms with E-state index in [2.05, 4.69) is 65.8 Å². The molecule has 0 fully saturated rings. The third-order valence-corrected chi connectivity index (χ3v) is 12.7. The van der Waals surface area contributed by atoms with Gasteiger partial charge in [0.05, 0.1) is 11.1 Å². The van der Waals surface area contributed by atoms with Gasteiger partial charge in [-0.15, -0.1) is 0 Å². The Hall–Kier alpha value is -7.54. The number of benzene rings is 6. The summed E-state index contributed by atoms with van der Waals surface area (Å²) < 4.78 is 24.3. The number of esters is 2. The lowest BCUT2D eigenvalue weighted by Crippen LogP contribution is -2.35. The number of hydrogen-bond donors (Lipinski definition) is 7. The van der Waals surface area contributed by atoms with Gasteiger partial charge < -0.3 is 54.7 Å². The molecule has 13 nitrogen and oxygen atoms in total. The molecule has 0 aliphatic carbocycles. The van der Waals surface area contributed by atoms with E-state index in [0.29, 0.717) is 28.9 Å². The standard InChI is InChI=1S/C30H34O3.C23H20O10/c1-16-9-21(6)26-15-28(33-30(31)25-13-19(4)23(8)20(5)14-25)29(32-27(26)10-16)24-11-17(2)22(7)18(3)12-24;1-9-2-12(24)7-18-13(9)8-19(22(32-18)10-3-14(25)20(29)15(26)4-10)33-23(31)11-5-16(27)21(30)17(28)6-11/h9-14,28-29H,15H2,1-8H3;2-7,19,22,24-30H,8H2,1H3/t28-,29-;19-,22-/m11/s1. The molecule has 4 atom stereocenters. The summed E-state index contributed by atoms with van der Waals surface area (Å²) >= 11 is 0. The quantitative estimate of drug-likeness (QED) is 0.0613. The van der Waals surface area contributed by atoms with Crippen LogP contribution in [-0.4, -0.2) is 59.9 Å². The van der Waals surface area contributed by atoms with Crippen LogP contribution in [0.2, 0.25) is 0 Å². The van der Waals surface area contributed by atoms with Gasteiger partial charge in [0, 0.05) is 35.6 Å². The monoisotopic (exact) mass is 898 g/mol. The molecule has 2 aliphatic heterocycles. The molecule has 0 amide bonds. The molecular formula is C53H54O13. The van der Waals surface area contributed by atoms with Crippen LogP contribution in [0.3, 0.4) is 0 Å². The lowest BCUT2D eigenvalue weighted by Gasteiger charge is -2.35. The van der Waals surface area contributed by atoms with Crippen LogP contribution in [0.25, 0.3) is 0 Å². The van der Waals surface area contributed by atoms with E-state index in [4.69, 9.17) is 18.9 Å². The fourth-order valence-corrected chi connectivity index (χ4v) is 8.58. The van der Waals surface area contributed by atoms with Crippen molar-refractivity contribution in [3.63, 3.8) is 0 Å². The maximum atomic E-state index is 13.3. The zero-order chi connectivity index (χ0) is 48.0. The number of phenolic OH excluding ortho intramolecular Hbond substituents is 7. The number of aryl methyl sites for hydroxylation is 7. The largest absolute Gasteiger partial charge is 0.508 e. The van der Waals surface area contributed by atoms with Gasteiger partial charge in [-0.1, -0.05) is 18.2 Å². The van der Waals surface area contributed by atoms with Crippen molar-refractivity contribution in [1.82, 2.24) is 0 Å². The van der Waals surface area contributed by atoms with Gasteiger partial charge >= 0.3 is 11.9 Å². The van der Waals surface area contributed by atoms with Crippen molar-refractivity contribution in [3.05, 3.63) is 156 Å². The number of ether oxygens (including phenoxy) is 4. The first-order chi connectivity index (χ1) is 31.1. The summed E-state index contributed by atoms with van der Waals surface area (Å²) in [6.07, 6.45) is -2.10.